The highest BCUT2D eigenvalue weighted by Crippen LogP contribution is 2.40. The van der Waals surface area contributed by atoms with Gasteiger partial charge in [0.25, 0.3) is 0 Å². The van der Waals surface area contributed by atoms with Gasteiger partial charge in [-0.25, -0.2) is 0 Å². The summed E-state index contributed by atoms with van der Waals surface area (Å²) in [6.45, 7) is 2.01. The molecule has 0 aromatic rings. The van der Waals surface area contributed by atoms with Gasteiger partial charge < -0.3 is 5.11 Å². The van der Waals surface area contributed by atoms with Gasteiger partial charge >= 0.3 is 0 Å². The summed E-state index contributed by atoms with van der Waals surface area (Å²) in [5.41, 5.74) is 0. The van der Waals surface area contributed by atoms with E-state index in [0.29, 0.717) is 5.92 Å². The van der Waals surface area contributed by atoms with Crippen LogP contribution in [0, 0.1) is 17.8 Å². The van der Waals surface area contributed by atoms with Crippen LogP contribution in [0.2, 0.25) is 0 Å². The van der Waals surface area contributed by atoms with Crippen LogP contribution in [-0.2, 0) is 0 Å². The molecule has 92 valence electrons. The molecule has 1 fully saturated rings. The lowest BCUT2D eigenvalue weighted by atomic mass is 9.69. The van der Waals surface area contributed by atoms with Gasteiger partial charge in [-0.1, -0.05) is 44.3 Å². The summed E-state index contributed by atoms with van der Waals surface area (Å²) < 4.78 is 0. The summed E-state index contributed by atoms with van der Waals surface area (Å²) >= 11 is 0. The molecule has 16 heavy (non-hydrogen) atoms. The van der Waals surface area contributed by atoms with Crippen LogP contribution in [-0.4, -0.2) is 11.2 Å². The van der Waals surface area contributed by atoms with Crippen LogP contribution in [0.25, 0.3) is 0 Å². The number of hydrogen-bond acceptors (Lipinski definition) is 1. The Morgan fingerprint density at radius 2 is 1.75 bits per heavy atom. The van der Waals surface area contributed by atoms with Crippen LogP contribution in [0.1, 0.15) is 58.3 Å². The highest BCUT2D eigenvalue weighted by Gasteiger charge is 2.33. The van der Waals surface area contributed by atoms with Crippen molar-refractivity contribution in [1.29, 1.82) is 0 Å². The molecule has 0 spiro atoms. The first kappa shape index (κ1) is 12.2. The fourth-order valence-electron chi connectivity index (χ4n) is 3.86. The van der Waals surface area contributed by atoms with E-state index in [1.807, 2.05) is 6.92 Å². The van der Waals surface area contributed by atoms with Crippen molar-refractivity contribution in [3.8, 4) is 0 Å². The van der Waals surface area contributed by atoms with Crippen molar-refractivity contribution in [2.24, 2.45) is 17.8 Å². The Balaban J connectivity index is 2.00. The molecule has 3 unspecified atom stereocenters. The summed E-state index contributed by atoms with van der Waals surface area (Å²) in [5, 5.41) is 10.1. The first-order valence-corrected chi connectivity index (χ1v) is 7.12. The zero-order valence-electron chi connectivity index (χ0n) is 10.6. The molecule has 1 saturated carbocycles. The summed E-state index contributed by atoms with van der Waals surface area (Å²) in [5.74, 6) is 2.10. The van der Waals surface area contributed by atoms with E-state index in [4.69, 9.17) is 0 Å². The van der Waals surface area contributed by atoms with Crippen molar-refractivity contribution in [2.45, 2.75) is 64.4 Å². The Morgan fingerprint density at radius 1 is 1.00 bits per heavy atom. The SMILES string of the molecule is CC(O)C(C1CC=CCC1)C1CCCCC1. The van der Waals surface area contributed by atoms with Gasteiger partial charge in [0.15, 0.2) is 0 Å². The molecule has 3 atom stereocenters. The summed E-state index contributed by atoms with van der Waals surface area (Å²) in [4.78, 5) is 0. The average molecular weight is 222 g/mol. The molecule has 0 amide bonds. The van der Waals surface area contributed by atoms with Crippen LogP contribution in [0.5, 0.6) is 0 Å². The monoisotopic (exact) mass is 222 g/mol. The molecule has 1 nitrogen and oxygen atoms in total. The van der Waals surface area contributed by atoms with Gasteiger partial charge in [0.1, 0.15) is 0 Å². The zero-order valence-corrected chi connectivity index (χ0v) is 10.6. The lowest BCUT2D eigenvalue weighted by molar-refractivity contribution is 0.0297. The van der Waals surface area contributed by atoms with Crippen molar-refractivity contribution in [3.63, 3.8) is 0 Å². The largest absolute Gasteiger partial charge is 0.393 e. The predicted molar refractivity (Wildman–Crippen MR) is 68.2 cm³/mol. The number of aliphatic hydroxyl groups is 1. The molecule has 0 bridgehead atoms. The quantitative estimate of drug-likeness (QED) is 0.718. The van der Waals surface area contributed by atoms with E-state index in [1.165, 1.54) is 51.4 Å². The third-order valence-electron chi connectivity index (χ3n) is 4.61. The molecular weight excluding hydrogens is 196 g/mol. The molecular formula is C15H26O. The normalized spacial score (nSPS) is 31.2. The molecule has 1 N–H and O–H groups in total. The fraction of sp³-hybridized carbons (Fsp3) is 0.867. The van der Waals surface area contributed by atoms with Gasteiger partial charge in [0.05, 0.1) is 6.10 Å². The minimum absolute atomic E-state index is 0.111. The zero-order chi connectivity index (χ0) is 11.4. The molecule has 2 aliphatic rings. The smallest absolute Gasteiger partial charge is 0.0545 e. The molecule has 0 aromatic carbocycles. The summed E-state index contributed by atoms with van der Waals surface area (Å²) in [6, 6.07) is 0. The van der Waals surface area contributed by atoms with E-state index in [9.17, 15) is 5.11 Å². The molecule has 0 saturated heterocycles. The summed E-state index contributed by atoms with van der Waals surface area (Å²) in [6.07, 6.45) is 15.1. The van der Waals surface area contributed by atoms with Crippen LogP contribution in [0.3, 0.4) is 0 Å². The van der Waals surface area contributed by atoms with E-state index in [2.05, 4.69) is 12.2 Å². The van der Waals surface area contributed by atoms with Gasteiger partial charge in [-0.2, -0.15) is 0 Å². The standard InChI is InChI=1S/C15H26O/c1-12(16)15(13-8-4-2-5-9-13)14-10-6-3-7-11-14/h2,4,12-16H,3,5-11H2,1H3. The maximum Gasteiger partial charge on any atom is 0.0545 e. The summed E-state index contributed by atoms with van der Waals surface area (Å²) in [7, 11) is 0. The highest BCUT2D eigenvalue weighted by molar-refractivity contribution is 4.94. The second-order valence-electron chi connectivity index (χ2n) is 5.76. The number of hydrogen-bond donors (Lipinski definition) is 1. The molecule has 0 aliphatic heterocycles. The van der Waals surface area contributed by atoms with Gasteiger partial charge in [0.2, 0.25) is 0 Å². The van der Waals surface area contributed by atoms with Gasteiger partial charge in [0, 0.05) is 0 Å². The maximum atomic E-state index is 10.1. The number of allylic oxidation sites excluding steroid dienone is 2. The minimum Gasteiger partial charge on any atom is -0.393 e. The van der Waals surface area contributed by atoms with Crippen molar-refractivity contribution < 1.29 is 5.11 Å². The second kappa shape index (κ2) is 5.86. The minimum atomic E-state index is -0.111. The van der Waals surface area contributed by atoms with E-state index in [-0.39, 0.29) is 6.10 Å². The fourth-order valence-corrected chi connectivity index (χ4v) is 3.86. The van der Waals surface area contributed by atoms with Crippen molar-refractivity contribution in [2.75, 3.05) is 0 Å². The van der Waals surface area contributed by atoms with Crippen LogP contribution >= 0.6 is 0 Å². The topological polar surface area (TPSA) is 20.2 Å². The van der Waals surface area contributed by atoms with Crippen molar-refractivity contribution in [1.82, 2.24) is 0 Å². The lowest BCUT2D eigenvalue weighted by Crippen LogP contribution is -2.34. The van der Waals surface area contributed by atoms with Crippen LogP contribution < -0.4 is 0 Å². The average Bonchev–Trinajstić information content (AvgIpc) is 2.31. The molecule has 0 radical (unpaired) electrons. The van der Waals surface area contributed by atoms with Crippen LogP contribution in [0.4, 0.5) is 0 Å². The first-order chi connectivity index (χ1) is 7.79. The van der Waals surface area contributed by atoms with E-state index >= 15 is 0 Å². The molecule has 0 heterocycles. The van der Waals surface area contributed by atoms with Gasteiger partial charge in [-0.05, 0) is 43.9 Å². The molecule has 2 rings (SSSR count). The van der Waals surface area contributed by atoms with Crippen molar-refractivity contribution >= 4 is 0 Å². The predicted octanol–water partition coefficient (Wildman–Crippen LogP) is 3.92. The Kier molecular flexibility index (Phi) is 4.45. The van der Waals surface area contributed by atoms with Gasteiger partial charge in [-0.3, -0.25) is 0 Å². The van der Waals surface area contributed by atoms with E-state index in [0.717, 1.165) is 11.8 Å². The molecule has 1 heteroatoms. The molecule has 2 aliphatic carbocycles. The highest BCUT2D eigenvalue weighted by atomic mass is 16.3. The lowest BCUT2D eigenvalue weighted by Gasteiger charge is -2.38. The first-order valence-electron chi connectivity index (χ1n) is 7.12. The maximum absolute atomic E-state index is 10.1. The second-order valence-corrected chi connectivity index (χ2v) is 5.76. The Labute approximate surface area is 99.9 Å². The van der Waals surface area contributed by atoms with E-state index in [1.54, 1.807) is 0 Å². The van der Waals surface area contributed by atoms with Crippen LogP contribution in [0.15, 0.2) is 12.2 Å². The Bertz CT molecular complexity index is 226. The Morgan fingerprint density at radius 3 is 2.31 bits per heavy atom. The number of aliphatic hydroxyl groups excluding tert-OH is 1. The third-order valence-corrected chi connectivity index (χ3v) is 4.61. The molecule has 0 aromatic heterocycles. The Hall–Kier alpha value is -0.300. The third kappa shape index (κ3) is 2.88. The number of rotatable bonds is 3. The van der Waals surface area contributed by atoms with Crippen molar-refractivity contribution in [3.05, 3.63) is 12.2 Å². The van der Waals surface area contributed by atoms with E-state index < -0.39 is 0 Å². The van der Waals surface area contributed by atoms with Gasteiger partial charge in [-0.15, -0.1) is 0 Å².